The van der Waals surface area contributed by atoms with E-state index in [1.165, 1.54) is 24.8 Å². The Balaban J connectivity index is 1.56. The number of fused-ring (bicyclic) bond motifs is 1. The van der Waals surface area contributed by atoms with Gasteiger partial charge in [-0.2, -0.15) is 0 Å². The van der Waals surface area contributed by atoms with Crippen molar-refractivity contribution in [1.29, 1.82) is 0 Å². The molecule has 1 fully saturated rings. The molecule has 1 heterocycles. The Morgan fingerprint density at radius 1 is 0.903 bits per heavy atom. The highest BCUT2D eigenvalue weighted by molar-refractivity contribution is 5.97. The average molecular weight is 423 g/mol. The van der Waals surface area contributed by atoms with Gasteiger partial charge in [0.15, 0.2) is 23.0 Å². The third-order valence-corrected chi connectivity index (χ3v) is 6.64. The van der Waals surface area contributed by atoms with Gasteiger partial charge in [0.1, 0.15) is 11.3 Å². The van der Waals surface area contributed by atoms with Gasteiger partial charge in [-0.25, -0.2) is 0 Å². The molecule has 1 aromatic heterocycles. The molecule has 1 saturated carbocycles. The minimum Gasteiger partial charge on any atom is -0.497 e. The number of ether oxygens (including phenoxy) is 3. The lowest BCUT2D eigenvalue weighted by molar-refractivity contribution is 0.0938. The van der Waals surface area contributed by atoms with Crippen LogP contribution in [-0.4, -0.2) is 27.1 Å². The van der Waals surface area contributed by atoms with Crippen molar-refractivity contribution < 1.29 is 23.4 Å². The quantitative estimate of drug-likeness (QED) is 0.397. The number of carbonyl (C=O) groups excluding carboxylic acids is 1. The minimum atomic E-state index is -0.0251. The van der Waals surface area contributed by atoms with E-state index in [9.17, 15) is 4.79 Å². The van der Waals surface area contributed by atoms with Crippen molar-refractivity contribution in [2.75, 3.05) is 21.3 Å². The van der Waals surface area contributed by atoms with Crippen LogP contribution in [0, 0.1) is 0 Å². The van der Waals surface area contributed by atoms with Crippen molar-refractivity contribution >= 4 is 16.8 Å². The Labute approximate surface area is 183 Å². The minimum absolute atomic E-state index is 0.0251. The van der Waals surface area contributed by atoms with E-state index in [0.29, 0.717) is 17.8 Å². The van der Waals surface area contributed by atoms with E-state index >= 15 is 0 Å². The Bertz CT molecular complexity index is 1060. The van der Waals surface area contributed by atoms with Gasteiger partial charge in [0.05, 0.1) is 21.3 Å². The number of hydrogen-bond donors (Lipinski definition) is 0. The van der Waals surface area contributed by atoms with Gasteiger partial charge in [-0.1, -0.05) is 25.3 Å². The highest BCUT2D eigenvalue weighted by Crippen LogP contribution is 2.45. The van der Waals surface area contributed by atoms with Gasteiger partial charge in [0, 0.05) is 11.8 Å². The lowest BCUT2D eigenvalue weighted by atomic mass is 9.66. The maximum atomic E-state index is 13.0. The molecule has 1 aliphatic carbocycles. The molecule has 1 aliphatic rings. The molecule has 0 aliphatic heterocycles. The third kappa shape index (κ3) is 4.27. The number of rotatable bonds is 8. The molecule has 0 bridgehead atoms. The molecule has 0 amide bonds. The lowest BCUT2D eigenvalue weighted by Crippen LogP contribution is -2.30. The predicted octanol–water partition coefficient (Wildman–Crippen LogP) is 6.32. The second-order valence-corrected chi connectivity index (χ2v) is 8.35. The zero-order valence-electron chi connectivity index (χ0n) is 18.5. The molecular weight excluding hydrogens is 392 g/mol. The Morgan fingerprint density at radius 2 is 1.68 bits per heavy atom. The van der Waals surface area contributed by atoms with Crippen molar-refractivity contribution in [3.8, 4) is 17.2 Å². The summed E-state index contributed by atoms with van der Waals surface area (Å²) >= 11 is 0. The first-order valence-corrected chi connectivity index (χ1v) is 10.9. The fourth-order valence-corrected chi connectivity index (χ4v) is 4.84. The Hall–Kier alpha value is -2.95. The molecule has 2 aromatic carbocycles. The van der Waals surface area contributed by atoms with Gasteiger partial charge in [-0.15, -0.1) is 0 Å². The molecule has 0 spiro atoms. The molecule has 5 nitrogen and oxygen atoms in total. The summed E-state index contributed by atoms with van der Waals surface area (Å²) in [4.78, 5) is 13.0. The molecule has 0 atom stereocenters. The standard InChI is InChI=1S/C26H30O5/c1-28-20-8-10-22-18(15-20)16-24(31-22)21(27)11-14-26(12-5-4-6-13-26)19-7-9-23(29-2)25(17-19)30-3/h7-10,15-17H,4-6,11-14H2,1-3H3. The highest BCUT2D eigenvalue weighted by atomic mass is 16.5. The van der Waals surface area contributed by atoms with Crippen molar-refractivity contribution in [3.63, 3.8) is 0 Å². The second kappa shape index (κ2) is 9.04. The molecule has 3 aromatic rings. The molecule has 164 valence electrons. The summed E-state index contributed by atoms with van der Waals surface area (Å²) < 4.78 is 22.1. The van der Waals surface area contributed by atoms with Crippen LogP contribution >= 0.6 is 0 Å². The van der Waals surface area contributed by atoms with E-state index in [1.807, 2.05) is 30.3 Å². The number of benzene rings is 2. The molecule has 0 unspecified atom stereocenters. The van der Waals surface area contributed by atoms with Gasteiger partial charge in [0.25, 0.3) is 0 Å². The van der Waals surface area contributed by atoms with Crippen molar-refractivity contribution in [1.82, 2.24) is 0 Å². The summed E-state index contributed by atoms with van der Waals surface area (Å²) in [6, 6.07) is 13.6. The number of furan rings is 1. The summed E-state index contributed by atoms with van der Waals surface area (Å²) in [5, 5.41) is 0.884. The number of methoxy groups -OCH3 is 3. The van der Waals surface area contributed by atoms with Gasteiger partial charge in [-0.3, -0.25) is 4.79 Å². The van der Waals surface area contributed by atoms with Crippen molar-refractivity contribution in [2.24, 2.45) is 0 Å². The van der Waals surface area contributed by atoms with Crippen LogP contribution in [0.1, 0.15) is 61.1 Å². The summed E-state index contributed by atoms with van der Waals surface area (Å²) in [6.07, 6.45) is 6.99. The fourth-order valence-electron chi connectivity index (χ4n) is 4.84. The van der Waals surface area contributed by atoms with Crippen molar-refractivity contribution in [3.05, 3.63) is 53.8 Å². The SMILES string of the molecule is COc1ccc2oc(C(=O)CCC3(c4ccc(OC)c(OC)c4)CCCCC3)cc2c1. The normalized spacial score (nSPS) is 15.6. The molecule has 31 heavy (non-hydrogen) atoms. The van der Waals surface area contributed by atoms with Crippen LogP contribution in [0.25, 0.3) is 11.0 Å². The van der Waals surface area contributed by atoms with Crippen LogP contribution in [0.15, 0.2) is 46.9 Å². The third-order valence-electron chi connectivity index (χ3n) is 6.64. The first-order chi connectivity index (χ1) is 15.1. The van der Waals surface area contributed by atoms with Gasteiger partial charge in [-0.05, 0) is 66.6 Å². The summed E-state index contributed by atoms with van der Waals surface area (Å²) in [5.74, 6) is 2.68. The van der Waals surface area contributed by atoms with E-state index in [1.54, 1.807) is 21.3 Å². The van der Waals surface area contributed by atoms with E-state index < -0.39 is 0 Å². The van der Waals surface area contributed by atoms with Crippen molar-refractivity contribution in [2.45, 2.75) is 50.4 Å². The van der Waals surface area contributed by atoms with Crippen LogP contribution in [0.3, 0.4) is 0 Å². The summed E-state index contributed by atoms with van der Waals surface area (Å²) in [7, 11) is 4.94. The van der Waals surface area contributed by atoms with Gasteiger partial charge < -0.3 is 18.6 Å². The lowest BCUT2D eigenvalue weighted by Gasteiger charge is -2.38. The van der Waals surface area contributed by atoms with E-state index in [2.05, 4.69) is 12.1 Å². The summed E-state index contributed by atoms with van der Waals surface area (Å²) in [6.45, 7) is 0. The maximum Gasteiger partial charge on any atom is 0.198 e. The largest absolute Gasteiger partial charge is 0.497 e. The van der Waals surface area contributed by atoms with E-state index in [-0.39, 0.29) is 11.2 Å². The Morgan fingerprint density at radius 3 is 2.39 bits per heavy atom. The van der Waals surface area contributed by atoms with Gasteiger partial charge >= 0.3 is 0 Å². The van der Waals surface area contributed by atoms with E-state index in [4.69, 9.17) is 18.6 Å². The number of hydrogen-bond acceptors (Lipinski definition) is 5. The van der Waals surface area contributed by atoms with Crippen LogP contribution in [0.2, 0.25) is 0 Å². The van der Waals surface area contributed by atoms with Gasteiger partial charge in [0.2, 0.25) is 0 Å². The molecule has 0 saturated heterocycles. The number of carbonyl (C=O) groups is 1. The topological polar surface area (TPSA) is 57.9 Å². The van der Waals surface area contributed by atoms with Crippen LogP contribution < -0.4 is 14.2 Å². The van der Waals surface area contributed by atoms with E-state index in [0.717, 1.165) is 41.9 Å². The molecular formula is C26H30O5. The number of ketones is 1. The fraction of sp³-hybridized carbons (Fsp3) is 0.423. The predicted molar refractivity (Wildman–Crippen MR) is 121 cm³/mol. The maximum absolute atomic E-state index is 13.0. The first kappa shape index (κ1) is 21.3. The number of Topliss-reactive ketones (excluding diaryl/α,β-unsaturated/α-hetero) is 1. The van der Waals surface area contributed by atoms with Crippen LogP contribution in [0.5, 0.6) is 17.2 Å². The van der Waals surface area contributed by atoms with Crippen LogP contribution in [0.4, 0.5) is 0 Å². The first-order valence-electron chi connectivity index (χ1n) is 10.9. The van der Waals surface area contributed by atoms with Crippen LogP contribution in [-0.2, 0) is 5.41 Å². The Kier molecular flexibility index (Phi) is 6.21. The average Bonchev–Trinajstić information content (AvgIpc) is 3.26. The second-order valence-electron chi connectivity index (χ2n) is 8.35. The molecule has 5 heteroatoms. The molecule has 4 rings (SSSR count). The smallest absolute Gasteiger partial charge is 0.198 e. The zero-order chi connectivity index (χ0) is 21.8. The summed E-state index contributed by atoms with van der Waals surface area (Å²) in [5.41, 5.74) is 1.91. The zero-order valence-corrected chi connectivity index (χ0v) is 18.5. The highest BCUT2D eigenvalue weighted by Gasteiger charge is 2.35. The molecule has 0 N–H and O–H groups in total. The molecule has 0 radical (unpaired) electrons. The monoisotopic (exact) mass is 422 g/mol.